The SMILES string of the molecule is Cc1nn(C(C)C)c(C)c1NCc1ccc(Br)cc1. The topological polar surface area (TPSA) is 29.9 Å². The van der Waals surface area contributed by atoms with E-state index in [1.807, 2.05) is 0 Å². The van der Waals surface area contributed by atoms with Crippen molar-refractivity contribution in [3.05, 3.63) is 45.7 Å². The number of nitrogens with one attached hydrogen (secondary N) is 1. The largest absolute Gasteiger partial charge is 0.378 e. The molecule has 0 radical (unpaired) electrons. The molecule has 0 unspecified atom stereocenters. The van der Waals surface area contributed by atoms with E-state index in [1.54, 1.807) is 0 Å². The molecule has 0 saturated heterocycles. The Labute approximate surface area is 123 Å². The van der Waals surface area contributed by atoms with Gasteiger partial charge in [0.2, 0.25) is 0 Å². The van der Waals surface area contributed by atoms with Crippen LogP contribution in [0.1, 0.15) is 36.8 Å². The lowest BCUT2D eigenvalue weighted by atomic mass is 10.2. The van der Waals surface area contributed by atoms with Crippen molar-refractivity contribution in [3.8, 4) is 0 Å². The second-order valence-corrected chi connectivity index (χ2v) is 5.98. The normalized spacial score (nSPS) is 11.1. The molecule has 0 aliphatic heterocycles. The van der Waals surface area contributed by atoms with Crippen LogP contribution in [-0.4, -0.2) is 9.78 Å². The minimum Gasteiger partial charge on any atom is -0.378 e. The lowest BCUT2D eigenvalue weighted by molar-refractivity contribution is 0.516. The maximum Gasteiger partial charge on any atom is 0.0828 e. The summed E-state index contributed by atoms with van der Waals surface area (Å²) in [5.74, 6) is 0. The van der Waals surface area contributed by atoms with E-state index >= 15 is 0 Å². The molecule has 2 rings (SSSR count). The standard InChI is InChI=1S/C15H20BrN3/c1-10(2)19-12(4)15(11(3)18-19)17-9-13-5-7-14(16)8-6-13/h5-8,10,17H,9H2,1-4H3. The van der Waals surface area contributed by atoms with E-state index in [0.717, 1.165) is 22.4 Å². The van der Waals surface area contributed by atoms with Crippen molar-refractivity contribution < 1.29 is 0 Å². The van der Waals surface area contributed by atoms with Gasteiger partial charge in [0.1, 0.15) is 0 Å². The predicted molar refractivity (Wildman–Crippen MR) is 83.6 cm³/mol. The van der Waals surface area contributed by atoms with Gasteiger partial charge in [0, 0.05) is 17.1 Å². The second kappa shape index (κ2) is 5.78. The third-order valence-electron chi connectivity index (χ3n) is 3.20. The van der Waals surface area contributed by atoms with Crippen LogP contribution in [0.2, 0.25) is 0 Å². The van der Waals surface area contributed by atoms with Crippen LogP contribution < -0.4 is 5.32 Å². The number of nitrogens with zero attached hydrogens (tertiary/aromatic N) is 2. The van der Waals surface area contributed by atoms with Gasteiger partial charge in [-0.15, -0.1) is 0 Å². The number of hydrogen-bond acceptors (Lipinski definition) is 2. The van der Waals surface area contributed by atoms with Crippen LogP contribution in [-0.2, 0) is 6.54 Å². The van der Waals surface area contributed by atoms with E-state index in [-0.39, 0.29) is 0 Å². The van der Waals surface area contributed by atoms with Crippen molar-refractivity contribution in [2.24, 2.45) is 0 Å². The Morgan fingerprint density at radius 2 is 1.84 bits per heavy atom. The molecule has 1 N–H and O–H groups in total. The molecule has 0 saturated carbocycles. The summed E-state index contributed by atoms with van der Waals surface area (Å²) >= 11 is 3.45. The Hall–Kier alpha value is -1.29. The van der Waals surface area contributed by atoms with Gasteiger partial charge in [-0.3, -0.25) is 4.68 Å². The minimum atomic E-state index is 0.391. The van der Waals surface area contributed by atoms with E-state index in [2.05, 4.69) is 83.0 Å². The van der Waals surface area contributed by atoms with Gasteiger partial charge in [-0.25, -0.2) is 0 Å². The molecule has 1 aromatic carbocycles. The van der Waals surface area contributed by atoms with E-state index in [9.17, 15) is 0 Å². The maximum atomic E-state index is 4.58. The number of rotatable bonds is 4. The van der Waals surface area contributed by atoms with Gasteiger partial charge in [-0.1, -0.05) is 28.1 Å². The Morgan fingerprint density at radius 1 is 1.21 bits per heavy atom. The Bertz CT molecular complexity index is 556. The van der Waals surface area contributed by atoms with Crippen molar-refractivity contribution in [1.29, 1.82) is 0 Å². The van der Waals surface area contributed by atoms with Crippen molar-refractivity contribution in [1.82, 2.24) is 9.78 Å². The molecule has 0 bridgehead atoms. The van der Waals surface area contributed by atoms with Gasteiger partial charge in [-0.05, 0) is 45.4 Å². The van der Waals surface area contributed by atoms with E-state index < -0.39 is 0 Å². The zero-order valence-corrected chi connectivity index (χ0v) is 13.5. The number of aromatic nitrogens is 2. The lowest BCUT2D eigenvalue weighted by Gasteiger charge is -2.10. The van der Waals surface area contributed by atoms with Gasteiger partial charge in [-0.2, -0.15) is 5.10 Å². The highest BCUT2D eigenvalue weighted by molar-refractivity contribution is 9.10. The fourth-order valence-corrected chi connectivity index (χ4v) is 2.48. The average Bonchev–Trinajstić information content (AvgIpc) is 2.65. The molecular weight excluding hydrogens is 302 g/mol. The molecular formula is C15H20BrN3. The van der Waals surface area contributed by atoms with Crippen molar-refractivity contribution in [3.63, 3.8) is 0 Å². The Kier molecular flexibility index (Phi) is 4.30. The average molecular weight is 322 g/mol. The highest BCUT2D eigenvalue weighted by Gasteiger charge is 2.12. The zero-order chi connectivity index (χ0) is 14.0. The van der Waals surface area contributed by atoms with Crippen LogP contribution in [0.3, 0.4) is 0 Å². The highest BCUT2D eigenvalue weighted by Crippen LogP contribution is 2.23. The first kappa shape index (κ1) is 14.1. The van der Waals surface area contributed by atoms with E-state index in [1.165, 1.54) is 11.3 Å². The summed E-state index contributed by atoms with van der Waals surface area (Å²) in [5, 5.41) is 8.08. The zero-order valence-electron chi connectivity index (χ0n) is 11.9. The molecule has 0 amide bonds. The lowest BCUT2D eigenvalue weighted by Crippen LogP contribution is -2.06. The quantitative estimate of drug-likeness (QED) is 0.901. The first-order valence-electron chi connectivity index (χ1n) is 6.53. The smallest absolute Gasteiger partial charge is 0.0828 e. The Morgan fingerprint density at radius 3 is 2.37 bits per heavy atom. The molecule has 1 heterocycles. The van der Waals surface area contributed by atoms with Gasteiger partial charge in [0.25, 0.3) is 0 Å². The van der Waals surface area contributed by atoms with E-state index in [4.69, 9.17) is 0 Å². The predicted octanol–water partition coefficient (Wildman–Crippen LogP) is 4.46. The molecule has 1 aromatic heterocycles. The van der Waals surface area contributed by atoms with Gasteiger partial charge in [0.15, 0.2) is 0 Å². The van der Waals surface area contributed by atoms with Crippen molar-refractivity contribution in [2.75, 3.05) is 5.32 Å². The first-order valence-corrected chi connectivity index (χ1v) is 7.32. The summed E-state index contributed by atoms with van der Waals surface area (Å²) in [5.41, 5.74) is 4.67. The molecule has 0 aliphatic rings. The number of benzene rings is 1. The van der Waals surface area contributed by atoms with Crippen LogP contribution in [0, 0.1) is 13.8 Å². The molecule has 0 fully saturated rings. The van der Waals surface area contributed by atoms with Crippen LogP contribution in [0.4, 0.5) is 5.69 Å². The number of hydrogen-bond donors (Lipinski definition) is 1. The molecule has 19 heavy (non-hydrogen) atoms. The van der Waals surface area contributed by atoms with Crippen molar-refractivity contribution >= 4 is 21.6 Å². The molecule has 0 atom stereocenters. The van der Waals surface area contributed by atoms with Gasteiger partial charge < -0.3 is 5.32 Å². The maximum absolute atomic E-state index is 4.58. The molecule has 102 valence electrons. The monoisotopic (exact) mass is 321 g/mol. The minimum absolute atomic E-state index is 0.391. The van der Waals surface area contributed by atoms with Crippen LogP contribution in [0.25, 0.3) is 0 Å². The number of anilines is 1. The van der Waals surface area contributed by atoms with Crippen molar-refractivity contribution in [2.45, 2.75) is 40.3 Å². The summed E-state index contributed by atoms with van der Waals surface area (Å²) in [6.45, 7) is 9.29. The first-order chi connectivity index (χ1) is 8.99. The number of halogens is 1. The van der Waals surface area contributed by atoms with Gasteiger partial charge >= 0.3 is 0 Å². The second-order valence-electron chi connectivity index (χ2n) is 5.06. The summed E-state index contributed by atoms with van der Waals surface area (Å²) in [6.07, 6.45) is 0. The molecule has 2 aromatic rings. The Balaban J connectivity index is 2.13. The van der Waals surface area contributed by atoms with Gasteiger partial charge in [0.05, 0.1) is 17.1 Å². The third-order valence-corrected chi connectivity index (χ3v) is 3.73. The van der Waals surface area contributed by atoms with Crippen LogP contribution in [0.15, 0.2) is 28.7 Å². The fraction of sp³-hybridized carbons (Fsp3) is 0.400. The third kappa shape index (κ3) is 3.18. The summed E-state index contributed by atoms with van der Waals surface area (Å²) < 4.78 is 3.18. The summed E-state index contributed by atoms with van der Waals surface area (Å²) in [7, 11) is 0. The summed E-state index contributed by atoms with van der Waals surface area (Å²) in [4.78, 5) is 0. The molecule has 0 spiro atoms. The van der Waals surface area contributed by atoms with E-state index in [0.29, 0.717) is 6.04 Å². The molecule has 0 aliphatic carbocycles. The molecule has 3 nitrogen and oxygen atoms in total. The summed E-state index contributed by atoms with van der Waals surface area (Å²) in [6, 6.07) is 8.76. The highest BCUT2D eigenvalue weighted by atomic mass is 79.9. The van der Waals surface area contributed by atoms with Crippen LogP contribution >= 0.6 is 15.9 Å². The number of aryl methyl sites for hydroxylation is 1. The fourth-order valence-electron chi connectivity index (χ4n) is 2.21. The van der Waals surface area contributed by atoms with Crippen LogP contribution in [0.5, 0.6) is 0 Å². The molecule has 4 heteroatoms.